The van der Waals surface area contributed by atoms with Gasteiger partial charge in [-0.15, -0.1) is 0 Å². The summed E-state index contributed by atoms with van der Waals surface area (Å²) in [5.74, 6) is -0.863. The third kappa shape index (κ3) is 3.10. The summed E-state index contributed by atoms with van der Waals surface area (Å²) in [6.07, 6.45) is 8.30. The number of hydrogen-bond donors (Lipinski definition) is 0. The second-order valence-corrected chi connectivity index (χ2v) is 5.72. The number of carbonyl (C=O) groups excluding carboxylic acids is 2. The number of anilines is 1. The van der Waals surface area contributed by atoms with E-state index in [1.807, 2.05) is 0 Å². The van der Waals surface area contributed by atoms with Gasteiger partial charge in [-0.1, -0.05) is 43.0 Å². The van der Waals surface area contributed by atoms with Gasteiger partial charge in [-0.05, 0) is 19.1 Å². The van der Waals surface area contributed by atoms with E-state index >= 15 is 0 Å². The van der Waals surface area contributed by atoms with Gasteiger partial charge in [-0.25, -0.2) is 9.58 Å². The van der Waals surface area contributed by atoms with Crippen molar-refractivity contribution in [1.29, 1.82) is 5.26 Å². The average Bonchev–Trinajstić information content (AvgIpc) is 3.03. The van der Waals surface area contributed by atoms with Crippen LogP contribution < -0.4 is 4.90 Å². The van der Waals surface area contributed by atoms with Crippen molar-refractivity contribution in [2.24, 2.45) is 0 Å². The summed E-state index contributed by atoms with van der Waals surface area (Å²) >= 11 is 0. The third-order valence-electron chi connectivity index (χ3n) is 3.95. The Kier molecular flexibility index (Phi) is 4.63. The summed E-state index contributed by atoms with van der Waals surface area (Å²) < 4.78 is 1.50. The number of rotatable bonds is 2. The molecule has 0 atom stereocenters. The van der Waals surface area contributed by atoms with Crippen LogP contribution in [0.25, 0.3) is 5.69 Å². The topological polar surface area (TPSA) is 79.0 Å². The Morgan fingerprint density at radius 3 is 2.73 bits per heavy atom. The van der Waals surface area contributed by atoms with Crippen LogP contribution in [-0.4, -0.2) is 21.6 Å². The standard InChI is InChI=1S/C20H16N4O2/c1-14-8-4-3-5-11-19(25)24(20(14)26)18-13-23(22-15(18)2)17-10-7-6-9-16(17)12-21/h3-10,13H,1,11H2,2H3/b5-3-,8-4-. The Morgan fingerprint density at radius 2 is 1.96 bits per heavy atom. The van der Waals surface area contributed by atoms with Crippen LogP contribution in [0.4, 0.5) is 5.69 Å². The molecule has 0 spiro atoms. The lowest BCUT2D eigenvalue weighted by Crippen LogP contribution is -2.37. The van der Waals surface area contributed by atoms with Gasteiger partial charge < -0.3 is 0 Å². The molecule has 1 aliphatic heterocycles. The molecule has 0 bridgehead atoms. The van der Waals surface area contributed by atoms with Crippen molar-refractivity contribution in [3.63, 3.8) is 0 Å². The van der Waals surface area contributed by atoms with Crippen molar-refractivity contribution in [2.75, 3.05) is 4.90 Å². The van der Waals surface area contributed by atoms with Crippen LogP contribution >= 0.6 is 0 Å². The first-order valence-corrected chi connectivity index (χ1v) is 7.98. The number of para-hydroxylation sites is 1. The van der Waals surface area contributed by atoms with E-state index in [9.17, 15) is 14.9 Å². The average molecular weight is 344 g/mol. The number of amides is 2. The summed E-state index contributed by atoms with van der Waals surface area (Å²) in [6.45, 7) is 5.45. The smallest absolute Gasteiger partial charge is 0.264 e. The number of aryl methyl sites for hydroxylation is 1. The fraction of sp³-hybridized carbons (Fsp3) is 0.100. The molecule has 2 aromatic rings. The van der Waals surface area contributed by atoms with Gasteiger partial charge in [0.2, 0.25) is 5.91 Å². The van der Waals surface area contributed by atoms with Crippen molar-refractivity contribution in [3.05, 3.63) is 78.2 Å². The molecule has 0 saturated heterocycles. The van der Waals surface area contributed by atoms with Gasteiger partial charge in [-0.2, -0.15) is 10.4 Å². The molecule has 26 heavy (non-hydrogen) atoms. The monoisotopic (exact) mass is 344 g/mol. The molecule has 2 heterocycles. The van der Waals surface area contributed by atoms with Crippen molar-refractivity contribution < 1.29 is 9.59 Å². The summed E-state index contributed by atoms with van der Waals surface area (Å²) in [7, 11) is 0. The molecular weight excluding hydrogens is 328 g/mol. The predicted molar refractivity (Wildman–Crippen MR) is 97.5 cm³/mol. The van der Waals surface area contributed by atoms with E-state index in [0.29, 0.717) is 22.6 Å². The number of nitriles is 1. The number of aromatic nitrogens is 2. The number of carbonyl (C=O) groups is 2. The fourth-order valence-corrected chi connectivity index (χ4v) is 2.64. The van der Waals surface area contributed by atoms with E-state index in [4.69, 9.17) is 0 Å². The molecule has 6 nitrogen and oxygen atoms in total. The van der Waals surface area contributed by atoms with E-state index in [1.54, 1.807) is 61.7 Å². The Labute approximate surface area is 151 Å². The highest BCUT2D eigenvalue weighted by molar-refractivity contribution is 6.22. The van der Waals surface area contributed by atoms with Crippen LogP contribution in [-0.2, 0) is 9.59 Å². The second-order valence-electron chi connectivity index (χ2n) is 5.72. The molecule has 3 rings (SSSR count). The highest BCUT2D eigenvalue weighted by Crippen LogP contribution is 2.25. The van der Waals surface area contributed by atoms with E-state index in [1.165, 1.54) is 4.68 Å². The highest BCUT2D eigenvalue weighted by Gasteiger charge is 2.27. The molecule has 0 unspecified atom stereocenters. The predicted octanol–water partition coefficient (Wildman–Crippen LogP) is 2.98. The van der Waals surface area contributed by atoms with Gasteiger partial charge >= 0.3 is 0 Å². The van der Waals surface area contributed by atoms with Gasteiger partial charge in [-0.3, -0.25) is 9.59 Å². The van der Waals surface area contributed by atoms with Crippen LogP contribution in [0, 0.1) is 18.3 Å². The lowest BCUT2D eigenvalue weighted by Gasteiger charge is -2.19. The zero-order valence-corrected chi connectivity index (χ0v) is 14.2. The Bertz CT molecular complexity index is 1010. The number of benzene rings is 1. The summed E-state index contributed by atoms with van der Waals surface area (Å²) in [4.78, 5) is 26.4. The van der Waals surface area contributed by atoms with Crippen LogP contribution in [0.1, 0.15) is 17.7 Å². The van der Waals surface area contributed by atoms with E-state index in [2.05, 4.69) is 17.7 Å². The fourth-order valence-electron chi connectivity index (χ4n) is 2.64. The quantitative estimate of drug-likeness (QED) is 0.620. The highest BCUT2D eigenvalue weighted by atomic mass is 16.2. The number of hydrogen-bond acceptors (Lipinski definition) is 4. The minimum Gasteiger partial charge on any atom is -0.274 e. The first-order valence-electron chi connectivity index (χ1n) is 7.98. The SMILES string of the molecule is C=C1/C=C\C=C/CC(=O)N(c2cn(-c3ccccc3C#N)nc2C)C1=O. The molecule has 0 fully saturated rings. The maximum absolute atomic E-state index is 12.7. The van der Waals surface area contributed by atoms with Crippen molar-refractivity contribution in [1.82, 2.24) is 9.78 Å². The van der Waals surface area contributed by atoms with Crippen LogP contribution in [0.2, 0.25) is 0 Å². The maximum atomic E-state index is 12.7. The van der Waals surface area contributed by atoms with Gasteiger partial charge in [0.25, 0.3) is 5.91 Å². The Hall–Kier alpha value is -3.72. The third-order valence-corrected chi connectivity index (χ3v) is 3.95. The largest absolute Gasteiger partial charge is 0.274 e. The molecular formula is C20H16N4O2. The summed E-state index contributed by atoms with van der Waals surface area (Å²) in [5.41, 5.74) is 2.09. The molecule has 128 valence electrons. The van der Waals surface area contributed by atoms with E-state index < -0.39 is 5.91 Å². The van der Waals surface area contributed by atoms with Crippen molar-refractivity contribution in [3.8, 4) is 11.8 Å². The number of allylic oxidation sites excluding steroid dienone is 2. The maximum Gasteiger partial charge on any atom is 0.264 e. The second kappa shape index (κ2) is 7.03. The molecule has 1 aliphatic rings. The molecule has 2 amide bonds. The molecule has 6 heteroatoms. The molecule has 0 radical (unpaired) electrons. The summed E-state index contributed by atoms with van der Waals surface area (Å²) in [6, 6.07) is 9.10. The minimum absolute atomic E-state index is 0.0861. The zero-order chi connectivity index (χ0) is 18.7. The zero-order valence-electron chi connectivity index (χ0n) is 14.2. The lowest BCUT2D eigenvalue weighted by atomic mass is 10.2. The van der Waals surface area contributed by atoms with E-state index in [-0.39, 0.29) is 17.9 Å². The normalized spacial score (nSPS) is 17.2. The van der Waals surface area contributed by atoms with Gasteiger partial charge in [0.05, 0.1) is 28.8 Å². The Morgan fingerprint density at radius 1 is 1.19 bits per heavy atom. The molecule has 0 saturated carbocycles. The number of nitrogens with zero attached hydrogens (tertiary/aromatic N) is 4. The van der Waals surface area contributed by atoms with Gasteiger partial charge in [0, 0.05) is 12.0 Å². The Balaban J connectivity index is 2.10. The van der Waals surface area contributed by atoms with Crippen LogP contribution in [0.3, 0.4) is 0 Å². The minimum atomic E-state index is -0.494. The first kappa shape index (κ1) is 17.1. The molecule has 0 aliphatic carbocycles. The van der Waals surface area contributed by atoms with E-state index in [0.717, 1.165) is 4.90 Å². The molecule has 1 aromatic carbocycles. The van der Waals surface area contributed by atoms with Gasteiger partial charge in [0.1, 0.15) is 6.07 Å². The lowest BCUT2D eigenvalue weighted by molar-refractivity contribution is -0.124. The van der Waals surface area contributed by atoms with Crippen molar-refractivity contribution >= 4 is 17.5 Å². The molecule has 1 aromatic heterocycles. The van der Waals surface area contributed by atoms with Crippen molar-refractivity contribution in [2.45, 2.75) is 13.3 Å². The molecule has 0 N–H and O–H groups in total. The summed E-state index contributed by atoms with van der Waals surface area (Å²) in [5, 5.41) is 13.7. The van der Waals surface area contributed by atoms with Crippen LogP contribution in [0.15, 0.2) is 66.9 Å². The number of imide groups is 1. The first-order chi connectivity index (χ1) is 12.5. The van der Waals surface area contributed by atoms with Gasteiger partial charge in [0.15, 0.2) is 0 Å². The van der Waals surface area contributed by atoms with Crippen LogP contribution in [0.5, 0.6) is 0 Å².